The van der Waals surface area contributed by atoms with Crippen molar-refractivity contribution in [3.8, 4) is 11.4 Å². The van der Waals surface area contributed by atoms with Gasteiger partial charge < -0.3 is 10.6 Å². The van der Waals surface area contributed by atoms with Crippen molar-refractivity contribution in [1.82, 2.24) is 35.9 Å². The molecule has 3 N–H and O–H groups in total. The molecule has 0 unspecified atom stereocenters. The fourth-order valence-electron chi connectivity index (χ4n) is 3.90. The molecule has 0 saturated carbocycles. The molecule has 1 fully saturated rings. The standard InChI is InChI=1S/C24H24N8O2S/c33-35(34,22-10-12-25-13-11-22)21-8-6-20(7-9-21)28-24-26-15-18(16-27-24)5-4-17-2-1-3-19(14-17)23-29-31-32-30-23/h1-9,14-16,22,25H,10-13H2,(H,26,27,28)(H,29,30,31,32). The summed E-state index contributed by atoms with van der Waals surface area (Å²) in [6.07, 6.45) is 8.58. The molecule has 0 amide bonds. The maximum absolute atomic E-state index is 12.8. The van der Waals surface area contributed by atoms with E-state index < -0.39 is 9.84 Å². The van der Waals surface area contributed by atoms with E-state index in [0.29, 0.717) is 29.5 Å². The minimum absolute atomic E-state index is 0.326. The number of hydrogen-bond acceptors (Lipinski definition) is 9. The van der Waals surface area contributed by atoms with Gasteiger partial charge in [0.15, 0.2) is 9.84 Å². The van der Waals surface area contributed by atoms with Crippen LogP contribution < -0.4 is 10.6 Å². The van der Waals surface area contributed by atoms with Crippen molar-refractivity contribution in [3.63, 3.8) is 0 Å². The first-order valence-corrected chi connectivity index (χ1v) is 12.8. The zero-order chi connectivity index (χ0) is 24.1. The minimum atomic E-state index is -3.32. The Bertz CT molecular complexity index is 1400. The molecular formula is C24H24N8O2S. The largest absolute Gasteiger partial charge is 0.324 e. The third kappa shape index (κ3) is 5.42. The molecule has 0 radical (unpaired) electrons. The van der Waals surface area contributed by atoms with E-state index in [4.69, 9.17) is 0 Å². The monoisotopic (exact) mass is 488 g/mol. The summed E-state index contributed by atoms with van der Waals surface area (Å²) in [4.78, 5) is 9.06. The molecule has 4 aromatic rings. The van der Waals surface area contributed by atoms with Crippen LogP contribution in [0, 0.1) is 0 Å². The molecule has 11 heteroatoms. The smallest absolute Gasteiger partial charge is 0.227 e. The first-order chi connectivity index (χ1) is 17.1. The van der Waals surface area contributed by atoms with Crippen LogP contribution in [0.15, 0.2) is 65.8 Å². The average Bonchev–Trinajstić information content (AvgIpc) is 3.45. The maximum atomic E-state index is 12.8. The van der Waals surface area contributed by atoms with E-state index in [0.717, 1.165) is 35.5 Å². The lowest BCUT2D eigenvalue weighted by Crippen LogP contribution is -2.35. The van der Waals surface area contributed by atoms with Crippen LogP contribution in [-0.2, 0) is 9.84 Å². The second-order valence-corrected chi connectivity index (χ2v) is 10.4. The fourth-order valence-corrected chi connectivity index (χ4v) is 5.66. The average molecular weight is 489 g/mol. The number of hydrogen-bond donors (Lipinski definition) is 3. The van der Waals surface area contributed by atoms with Crippen molar-refractivity contribution in [1.29, 1.82) is 0 Å². The zero-order valence-electron chi connectivity index (χ0n) is 18.8. The fraction of sp³-hybridized carbons (Fsp3) is 0.208. The lowest BCUT2D eigenvalue weighted by atomic mass is 10.1. The zero-order valence-corrected chi connectivity index (χ0v) is 19.6. The third-order valence-electron chi connectivity index (χ3n) is 5.79. The molecular weight excluding hydrogens is 464 g/mol. The first kappa shape index (κ1) is 22.8. The van der Waals surface area contributed by atoms with E-state index in [1.165, 1.54) is 0 Å². The van der Waals surface area contributed by atoms with E-state index in [1.54, 1.807) is 36.7 Å². The van der Waals surface area contributed by atoms with Crippen LogP contribution in [0.25, 0.3) is 23.5 Å². The Morgan fingerprint density at radius 3 is 2.40 bits per heavy atom. The molecule has 2 aromatic heterocycles. The molecule has 0 atom stereocenters. The highest BCUT2D eigenvalue weighted by molar-refractivity contribution is 7.92. The quantitative estimate of drug-likeness (QED) is 0.358. The third-order valence-corrected chi connectivity index (χ3v) is 8.07. The number of sulfone groups is 1. The Balaban J connectivity index is 1.22. The van der Waals surface area contributed by atoms with Gasteiger partial charge >= 0.3 is 0 Å². The van der Waals surface area contributed by atoms with Crippen molar-refractivity contribution >= 4 is 33.6 Å². The lowest BCUT2D eigenvalue weighted by Gasteiger charge is -2.22. The van der Waals surface area contributed by atoms with E-state index in [1.807, 2.05) is 36.4 Å². The molecule has 2 aromatic carbocycles. The van der Waals surface area contributed by atoms with E-state index in [2.05, 4.69) is 41.2 Å². The summed E-state index contributed by atoms with van der Waals surface area (Å²) in [5.41, 5.74) is 3.40. The van der Waals surface area contributed by atoms with Gasteiger partial charge in [0.1, 0.15) is 0 Å². The summed E-state index contributed by atoms with van der Waals surface area (Å²) in [7, 11) is -3.32. The molecule has 0 bridgehead atoms. The van der Waals surface area contributed by atoms with Crippen molar-refractivity contribution in [2.45, 2.75) is 23.0 Å². The van der Waals surface area contributed by atoms with Crippen LogP contribution in [0.2, 0.25) is 0 Å². The predicted molar refractivity (Wildman–Crippen MR) is 133 cm³/mol. The number of aromatic amines is 1. The first-order valence-electron chi connectivity index (χ1n) is 11.2. The van der Waals surface area contributed by atoms with Gasteiger partial charge in [0.2, 0.25) is 11.8 Å². The number of aromatic nitrogens is 6. The summed E-state index contributed by atoms with van der Waals surface area (Å²) >= 11 is 0. The van der Waals surface area contributed by atoms with Gasteiger partial charge in [0.25, 0.3) is 0 Å². The van der Waals surface area contributed by atoms with Gasteiger partial charge in [-0.25, -0.2) is 18.4 Å². The normalized spacial score (nSPS) is 14.9. The van der Waals surface area contributed by atoms with E-state index in [9.17, 15) is 8.42 Å². The van der Waals surface area contributed by atoms with Crippen LogP contribution >= 0.6 is 0 Å². The van der Waals surface area contributed by atoms with Gasteiger partial charge in [-0.15, -0.1) is 10.2 Å². The van der Waals surface area contributed by atoms with Gasteiger partial charge in [0, 0.05) is 29.2 Å². The number of nitrogens with one attached hydrogen (secondary N) is 3. The molecule has 3 heterocycles. The van der Waals surface area contributed by atoms with Crippen molar-refractivity contribution in [3.05, 3.63) is 72.1 Å². The van der Waals surface area contributed by atoms with Crippen LogP contribution in [-0.4, -0.2) is 57.3 Å². The van der Waals surface area contributed by atoms with Crippen LogP contribution in [0.3, 0.4) is 0 Å². The molecule has 1 aliphatic heterocycles. The molecule has 35 heavy (non-hydrogen) atoms. The van der Waals surface area contributed by atoms with Crippen molar-refractivity contribution < 1.29 is 8.42 Å². The summed E-state index contributed by atoms with van der Waals surface area (Å²) in [6.45, 7) is 1.47. The number of rotatable bonds is 7. The molecule has 1 aliphatic rings. The maximum Gasteiger partial charge on any atom is 0.227 e. The molecule has 1 saturated heterocycles. The van der Waals surface area contributed by atoms with Crippen molar-refractivity contribution in [2.75, 3.05) is 18.4 Å². The molecule has 0 spiro atoms. The summed E-state index contributed by atoms with van der Waals surface area (Å²) in [6, 6.07) is 14.5. The number of nitrogens with zero attached hydrogens (tertiary/aromatic N) is 5. The van der Waals surface area contributed by atoms with Crippen LogP contribution in [0.1, 0.15) is 24.0 Å². The molecule has 178 valence electrons. The molecule has 5 rings (SSSR count). The van der Waals surface area contributed by atoms with Gasteiger partial charge in [-0.05, 0) is 67.0 Å². The SMILES string of the molecule is O=S(=O)(c1ccc(Nc2ncc(C=Cc3cccc(-c4nn[nH]n4)c3)cn2)cc1)C1CCNCC1. The topological polar surface area (TPSA) is 138 Å². The van der Waals surface area contributed by atoms with Crippen molar-refractivity contribution in [2.24, 2.45) is 0 Å². The highest BCUT2D eigenvalue weighted by Gasteiger charge is 2.28. The Kier molecular flexibility index (Phi) is 6.59. The van der Waals surface area contributed by atoms with E-state index in [-0.39, 0.29) is 5.25 Å². The highest BCUT2D eigenvalue weighted by Crippen LogP contribution is 2.24. The van der Waals surface area contributed by atoms with Gasteiger partial charge in [-0.2, -0.15) is 5.21 Å². The predicted octanol–water partition coefficient (Wildman–Crippen LogP) is 3.10. The Morgan fingerprint density at radius 2 is 1.69 bits per heavy atom. The Labute approximate surface area is 202 Å². The van der Waals surface area contributed by atoms with Crippen LogP contribution in [0.5, 0.6) is 0 Å². The second-order valence-electron chi connectivity index (χ2n) is 8.18. The second kappa shape index (κ2) is 10.1. The number of piperidine rings is 1. The number of tetrazole rings is 1. The Morgan fingerprint density at radius 1 is 0.943 bits per heavy atom. The number of H-pyrrole nitrogens is 1. The van der Waals surface area contributed by atoms with E-state index >= 15 is 0 Å². The summed E-state index contributed by atoms with van der Waals surface area (Å²) in [5, 5.41) is 20.0. The summed E-state index contributed by atoms with van der Waals surface area (Å²) in [5.74, 6) is 0.964. The van der Waals surface area contributed by atoms with Crippen LogP contribution in [0.4, 0.5) is 11.6 Å². The minimum Gasteiger partial charge on any atom is -0.324 e. The number of benzene rings is 2. The van der Waals surface area contributed by atoms with Gasteiger partial charge in [-0.1, -0.05) is 30.4 Å². The lowest BCUT2D eigenvalue weighted by molar-refractivity contribution is 0.496. The Hall–Kier alpha value is -3.96. The molecule has 10 nitrogen and oxygen atoms in total. The van der Waals surface area contributed by atoms with Gasteiger partial charge in [-0.3, -0.25) is 0 Å². The summed E-state index contributed by atoms with van der Waals surface area (Å²) < 4.78 is 25.7. The highest BCUT2D eigenvalue weighted by atomic mass is 32.2. The number of anilines is 2. The van der Waals surface area contributed by atoms with Gasteiger partial charge in [0.05, 0.1) is 10.1 Å². The molecule has 0 aliphatic carbocycles.